The van der Waals surface area contributed by atoms with Gasteiger partial charge in [-0.2, -0.15) is 0 Å². The zero-order chi connectivity index (χ0) is 17.0. The number of hydrogen-bond donors (Lipinski definition) is 2. The van der Waals surface area contributed by atoms with E-state index in [1.807, 2.05) is 25.7 Å². The molecule has 2 fully saturated rings. The Hall–Kier alpha value is -1.30. The highest BCUT2D eigenvalue weighted by Crippen LogP contribution is 2.36. The molecule has 1 heterocycles. The summed E-state index contributed by atoms with van der Waals surface area (Å²) >= 11 is 0. The summed E-state index contributed by atoms with van der Waals surface area (Å²) in [7, 11) is 0. The van der Waals surface area contributed by atoms with Crippen LogP contribution in [-0.2, 0) is 9.53 Å². The first-order valence-electron chi connectivity index (χ1n) is 8.79. The molecule has 0 aromatic carbocycles. The summed E-state index contributed by atoms with van der Waals surface area (Å²) in [5.74, 6) is 0.168. The van der Waals surface area contributed by atoms with Gasteiger partial charge in [-0.15, -0.1) is 0 Å². The van der Waals surface area contributed by atoms with Gasteiger partial charge in [0.15, 0.2) is 0 Å². The Kier molecular flexibility index (Phi) is 5.89. The minimum atomic E-state index is -0.459. The van der Waals surface area contributed by atoms with Crippen LogP contribution >= 0.6 is 0 Å². The van der Waals surface area contributed by atoms with Gasteiger partial charge in [0, 0.05) is 31.6 Å². The van der Waals surface area contributed by atoms with Gasteiger partial charge < -0.3 is 20.7 Å². The normalized spacial score (nSPS) is 28.1. The summed E-state index contributed by atoms with van der Waals surface area (Å²) in [4.78, 5) is 25.3. The van der Waals surface area contributed by atoms with Gasteiger partial charge >= 0.3 is 6.09 Å². The van der Waals surface area contributed by atoms with E-state index < -0.39 is 5.60 Å². The highest BCUT2D eigenvalue weighted by Gasteiger charge is 2.41. The van der Waals surface area contributed by atoms with Crippen LogP contribution in [0.1, 0.15) is 59.3 Å². The highest BCUT2D eigenvalue weighted by atomic mass is 16.6. The summed E-state index contributed by atoms with van der Waals surface area (Å²) in [6.45, 7) is 7.11. The van der Waals surface area contributed by atoms with Gasteiger partial charge in [0.1, 0.15) is 5.60 Å². The molecule has 6 nitrogen and oxygen atoms in total. The van der Waals surface area contributed by atoms with Crippen LogP contribution in [0, 0.1) is 5.92 Å². The number of hydrogen-bond acceptors (Lipinski definition) is 4. The Morgan fingerprint density at radius 2 is 1.96 bits per heavy atom. The predicted octanol–water partition coefficient (Wildman–Crippen LogP) is 2.02. The van der Waals surface area contributed by atoms with Crippen LogP contribution in [0.5, 0.6) is 0 Å². The van der Waals surface area contributed by atoms with Crippen LogP contribution < -0.4 is 11.1 Å². The molecule has 3 atom stereocenters. The van der Waals surface area contributed by atoms with Crippen molar-refractivity contribution in [2.24, 2.45) is 11.7 Å². The molecule has 132 valence electrons. The molecule has 0 radical (unpaired) electrons. The molecule has 0 aromatic rings. The lowest BCUT2D eigenvalue weighted by Gasteiger charge is -2.34. The number of likely N-dealkylation sites (tertiary alicyclic amines) is 1. The Morgan fingerprint density at radius 3 is 2.61 bits per heavy atom. The summed E-state index contributed by atoms with van der Waals surface area (Å²) in [6.07, 6.45) is 5.64. The summed E-state index contributed by atoms with van der Waals surface area (Å²) in [5, 5.41) is 3.47. The maximum Gasteiger partial charge on any atom is 0.410 e. The predicted molar refractivity (Wildman–Crippen MR) is 88.9 cm³/mol. The van der Waals surface area contributed by atoms with Crippen molar-refractivity contribution in [2.45, 2.75) is 77.0 Å². The number of nitrogens with one attached hydrogen (secondary N) is 1. The van der Waals surface area contributed by atoms with E-state index >= 15 is 0 Å². The second kappa shape index (κ2) is 7.51. The van der Waals surface area contributed by atoms with Crippen molar-refractivity contribution < 1.29 is 14.3 Å². The zero-order valence-electron chi connectivity index (χ0n) is 14.6. The lowest BCUT2D eigenvalue weighted by Crippen LogP contribution is -2.48. The third-order valence-electron chi connectivity index (χ3n) is 4.77. The van der Waals surface area contributed by atoms with Crippen LogP contribution in [-0.4, -0.2) is 47.7 Å². The molecule has 2 rings (SSSR count). The molecular formula is C17H31N3O3. The number of nitrogens with two attached hydrogens (primary N) is 1. The molecule has 1 saturated heterocycles. The summed E-state index contributed by atoms with van der Waals surface area (Å²) in [6, 6.07) is 0.612. The Morgan fingerprint density at radius 1 is 1.22 bits per heavy atom. The number of primary amides is 1. The molecule has 2 amide bonds. The molecule has 1 aliphatic carbocycles. The van der Waals surface area contributed by atoms with Crippen molar-refractivity contribution in [3.8, 4) is 0 Å². The number of amides is 2. The van der Waals surface area contributed by atoms with Crippen molar-refractivity contribution in [2.75, 3.05) is 13.1 Å². The van der Waals surface area contributed by atoms with Gasteiger partial charge in [-0.25, -0.2) is 4.79 Å². The van der Waals surface area contributed by atoms with E-state index in [1.165, 1.54) is 0 Å². The first-order valence-corrected chi connectivity index (χ1v) is 8.79. The summed E-state index contributed by atoms with van der Waals surface area (Å²) in [5.41, 5.74) is 4.75. The van der Waals surface area contributed by atoms with Gasteiger partial charge in [-0.1, -0.05) is 6.42 Å². The number of ether oxygens (including phenoxy) is 1. The maximum atomic E-state index is 12.5. The molecule has 1 aliphatic heterocycles. The monoisotopic (exact) mass is 325 g/mol. The van der Waals surface area contributed by atoms with Gasteiger partial charge in [-0.05, 0) is 52.4 Å². The van der Waals surface area contributed by atoms with E-state index in [1.54, 1.807) is 0 Å². The third-order valence-corrected chi connectivity index (χ3v) is 4.77. The first-order chi connectivity index (χ1) is 10.8. The molecule has 3 N–H and O–H groups in total. The van der Waals surface area contributed by atoms with Crippen LogP contribution in [0.4, 0.5) is 4.79 Å². The van der Waals surface area contributed by atoms with Crippen LogP contribution in [0.2, 0.25) is 0 Å². The number of carbonyl (C=O) groups is 2. The van der Waals surface area contributed by atoms with Crippen molar-refractivity contribution in [3.63, 3.8) is 0 Å². The van der Waals surface area contributed by atoms with Gasteiger partial charge in [-0.3, -0.25) is 4.79 Å². The van der Waals surface area contributed by atoms with Crippen molar-refractivity contribution >= 4 is 12.0 Å². The molecular weight excluding hydrogens is 294 g/mol. The van der Waals surface area contributed by atoms with Crippen LogP contribution in [0.25, 0.3) is 0 Å². The number of carbonyl (C=O) groups excluding carboxylic acids is 2. The number of rotatable bonds is 5. The quantitative estimate of drug-likeness (QED) is 0.810. The fourth-order valence-corrected chi connectivity index (χ4v) is 3.87. The van der Waals surface area contributed by atoms with E-state index in [0.29, 0.717) is 24.9 Å². The van der Waals surface area contributed by atoms with E-state index in [-0.39, 0.29) is 18.0 Å². The lowest BCUT2D eigenvalue weighted by atomic mass is 9.92. The topological polar surface area (TPSA) is 84.7 Å². The van der Waals surface area contributed by atoms with E-state index in [0.717, 1.165) is 38.6 Å². The lowest BCUT2D eigenvalue weighted by molar-refractivity contribution is -0.117. The highest BCUT2D eigenvalue weighted by molar-refractivity contribution is 5.73. The molecule has 6 heteroatoms. The second-order valence-corrected chi connectivity index (χ2v) is 7.76. The average molecular weight is 325 g/mol. The van der Waals surface area contributed by atoms with Crippen LogP contribution in [0.3, 0.4) is 0 Å². The van der Waals surface area contributed by atoms with Gasteiger partial charge in [0.05, 0.1) is 0 Å². The molecule has 0 aromatic heterocycles. The minimum Gasteiger partial charge on any atom is -0.444 e. The SMILES string of the molecule is CC(C)(C)OC(=O)N1CCCC1C1CCCC1NCCC(N)=O. The molecule has 23 heavy (non-hydrogen) atoms. The fraction of sp³-hybridized carbons (Fsp3) is 0.882. The van der Waals surface area contributed by atoms with Gasteiger partial charge in [0.25, 0.3) is 0 Å². The van der Waals surface area contributed by atoms with Gasteiger partial charge in [0.2, 0.25) is 5.91 Å². The van der Waals surface area contributed by atoms with E-state index in [2.05, 4.69) is 5.32 Å². The maximum absolute atomic E-state index is 12.5. The number of nitrogens with zero attached hydrogens (tertiary/aromatic N) is 1. The van der Waals surface area contributed by atoms with Crippen molar-refractivity contribution in [3.05, 3.63) is 0 Å². The smallest absolute Gasteiger partial charge is 0.410 e. The first kappa shape index (κ1) is 18.0. The largest absolute Gasteiger partial charge is 0.444 e. The Labute approximate surface area is 139 Å². The standard InChI is InChI=1S/C17H31N3O3/c1-17(2,3)23-16(22)20-11-5-8-14(20)12-6-4-7-13(12)19-10-9-15(18)21/h12-14,19H,4-11H2,1-3H3,(H2,18,21). The van der Waals surface area contributed by atoms with Crippen molar-refractivity contribution in [1.29, 1.82) is 0 Å². The third kappa shape index (κ3) is 5.09. The van der Waals surface area contributed by atoms with Crippen LogP contribution in [0.15, 0.2) is 0 Å². The second-order valence-electron chi connectivity index (χ2n) is 7.76. The molecule has 3 unspecified atom stereocenters. The Bertz CT molecular complexity index is 433. The van der Waals surface area contributed by atoms with E-state index in [9.17, 15) is 9.59 Å². The molecule has 2 aliphatic rings. The fourth-order valence-electron chi connectivity index (χ4n) is 3.87. The molecule has 0 spiro atoms. The summed E-state index contributed by atoms with van der Waals surface area (Å²) < 4.78 is 5.56. The zero-order valence-corrected chi connectivity index (χ0v) is 14.6. The molecule has 1 saturated carbocycles. The molecule has 0 bridgehead atoms. The minimum absolute atomic E-state index is 0.192. The van der Waals surface area contributed by atoms with Crippen molar-refractivity contribution in [1.82, 2.24) is 10.2 Å². The average Bonchev–Trinajstić information content (AvgIpc) is 3.03. The van der Waals surface area contributed by atoms with E-state index in [4.69, 9.17) is 10.5 Å². The Balaban J connectivity index is 1.95.